The zero-order valence-electron chi connectivity index (χ0n) is 24.6. The quantitative estimate of drug-likeness (QED) is 0.151. The molecule has 0 bridgehead atoms. The van der Waals surface area contributed by atoms with Crippen LogP contribution in [-0.2, 0) is 16.2 Å². The van der Waals surface area contributed by atoms with Crippen molar-refractivity contribution in [2.45, 2.75) is 70.6 Å². The van der Waals surface area contributed by atoms with E-state index in [-0.39, 0.29) is 27.7 Å². The molecule has 212 valence electrons. The number of ether oxygens (including phenoxy) is 2. The van der Waals surface area contributed by atoms with Crippen LogP contribution < -0.4 is 20.9 Å². The minimum atomic E-state index is -0.137. The maximum Gasteiger partial charge on any atom is 0.142 e. The van der Waals surface area contributed by atoms with E-state index in [4.69, 9.17) is 20.9 Å². The Kier molecular flexibility index (Phi) is 5.79. The number of nitrogens with two attached hydrogens (primary N) is 2. The monoisotopic (exact) mass is 550 g/mol. The van der Waals surface area contributed by atoms with Crippen molar-refractivity contribution < 1.29 is 19.7 Å². The van der Waals surface area contributed by atoms with Crippen molar-refractivity contribution in [3.63, 3.8) is 0 Å². The number of rotatable bonds is 4. The van der Waals surface area contributed by atoms with E-state index in [1.165, 1.54) is 33.4 Å². The average Bonchev–Trinajstić information content (AvgIpc) is 3.23. The number of hydrogen-bond donors (Lipinski definition) is 4. The molecule has 6 heteroatoms. The van der Waals surface area contributed by atoms with E-state index in [1.807, 2.05) is 0 Å². The third kappa shape index (κ3) is 4.24. The molecule has 2 aliphatic carbocycles. The van der Waals surface area contributed by atoms with Crippen LogP contribution in [0.2, 0.25) is 0 Å². The molecule has 6 rings (SSSR count). The number of benzene rings is 4. The normalized spacial score (nSPS) is 17.3. The van der Waals surface area contributed by atoms with Gasteiger partial charge in [0.2, 0.25) is 0 Å². The van der Waals surface area contributed by atoms with Gasteiger partial charge in [-0.05, 0) is 119 Å². The molecule has 2 aliphatic rings. The molecule has 0 saturated carbocycles. The molecule has 0 fully saturated rings. The van der Waals surface area contributed by atoms with Gasteiger partial charge in [0.25, 0.3) is 0 Å². The molecule has 6 N–H and O–H groups in total. The Morgan fingerprint density at radius 1 is 0.585 bits per heavy atom. The molecule has 0 atom stereocenters. The molecule has 0 aliphatic heterocycles. The number of aryl methyl sites for hydroxylation is 2. The lowest BCUT2D eigenvalue weighted by Gasteiger charge is -2.32. The molecule has 1 spiro atoms. The van der Waals surface area contributed by atoms with E-state index in [0.717, 1.165) is 24.3 Å². The van der Waals surface area contributed by atoms with Crippen LogP contribution in [0.25, 0.3) is 0 Å². The summed E-state index contributed by atoms with van der Waals surface area (Å²) in [7, 11) is 0. The van der Waals surface area contributed by atoms with Crippen molar-refractivity contribution >= 4 is 11.4 Å². The lowest BCUT2D eigenvalue weighted by molar-refractivity contribution is 0.348. The van der Waals surface area contributed by atoms with Crippen molar-refractivity contribution in [3.8, 4) is 34.5 Å². The van der Waals surface area contributed by atoms with Crippen LogP contribution >= 0.6 is 0 Å². The van der Waals surface area contributed by atoms with Gasteiger partial charge in [0, 0.05) is 17.5 Å². The highest BCUT2D eigenvalue weighted by Gasteiger charge is 2.57. The summed E-state index contributed by atoms with van der Waals surface area (Å²) in [6, 6.07) is 18.5. The van der Waals surface area contributed by atoms with E-state index in [0.29, 0.717) is 22.9 Å². The van der Waals surface area contributed by atoms with E-state index in [1.54, 1.807) is 36.4 Å². The van der Waals surface area contributed by atoms with E-state index >= 15 is 0 Å². The van der Waals surface area contributed by atoms with Gasteiger partial charge < -0.3 is 31.2 Å². The fourth-order valence-corrected chi connectivity index (χ4v) is 7.65. The number of phenols is 2. The van der Waals surface area contributed by atoms with Crippen LogP contribution in [-0.4, -0.2) is 10.2 Å². The minimum Gasteiger partial charge on any atom is -0.506 e. The van der Waals surface area contributed by atoms with Crippen LogP contribution in [0.3, 0.4) is 0 Å². The molecular weight excluding hydrogens is 512 g/mol. The van der Waals surface area contributed by atoms with Gasteiger partial charge in [-0.15, -0.1) is 0 Å². The molecule has 0 unspecified atom stereocenters. The Bertz CT molecular complexity index is 1590. The standard InChI is InChI=1S/C35H38N2O4/c1-19-11-23(40-21-7-9-27(36)29(38)15-21)13-25-31(19)35(17-33(25,3)4)18-34(5,6)26-14-24(12-20(2)32(26)35)41-22-8-10-28(37)30(39)16-22/h7-16,38-39H,17-18,36-37H2,1-6H3. The van der Waals surface area contributed by atoms with Gasteiger partial charge in [0.1, 0.15) is 34.5 Å². The van der Waals surface area contributed by atoms with Crippen molar-refractivity contribution in [2.24, 2.45) is 0 Å². The molecule has 0 radical (unpaired) electrons. The summed E-state index contributed by atoms with van der Waals surface area (Å²) < 4.78 is 12.5. The van der Waals surface area contributed by atoms with Crippen LogP contribution in [0, 0.1) is 13.8 Å². The Morgan fingerprint density at radius 3 is 1.34 bits per heavy atom. The lowest BCUT2D eigenvalue weighted by Crippen LogP contribution is -2.28. The predicted molar refractivity (Wildman–Crippen MR) is 164 cm³/mol. The maximum absolute atomic E-state index is 10.1. The second-order valence-corrected chi connectivity index (χ2v) is 13.2. The smallest absolute Gasteiger partial charge is 0.142 e. The molecule has 0 heterocycles. The minimum absolute atomic E-state index is 0.0106. The van der Waals surface area contributed by atoms with Crippen molar-refractivity contribution in [3.05, 3.63) is 94.0 Å². The van der Waals surface area contributed by atoms with Crippen molar-refractivity contribution in [1.82, 2.24) is 0 Å². The van der Waals surface area contributed by atoms with Gasteiger partial charge in [-0.3, -0.25) is 0 Å². The van der Waals surface area contributed by atoms with Crippen molar-refractivity contribution in [1.29, 1.82) is 0 Å². The lowest BCUT2D eigenvalue weighted by atomic mass is 9.70. The Balaban J connectivity index is 1.45. The van der Waals surface area contributed by atoms with Gasteiger partial charge in [0.15, 0.2) is 0 Å². The Hall–Kier alpha value is -4.32. The highest BCUT2D eigenvalue weighted by Crippen LogP contribution is 2.65. The van der Waals surface area contributed by atoms with Gasteiger partial charge in [-0.25, -0.2) is 0 Å². The summed E-state index contributed by atoms with van der Waals surface area (Å²) in [6.45, 7) is 13.7. The van der Waals surface area contributed by atoms with Crippen molar-refractivity contribution in [2.75, 3.05) is 11.5 Å². The van der Waals surface area contributed by atoms with Crippen LogP contribution in [0.15, 0.2) is 60.7 Å². The number of phenolic OH excluding ortho intramolecular Hbond substituents is 2. The van der Waals surface area contributed by atoms with Crippen LogP contribution in [0.4, 0.5) is 11.4 Å². The highest BCUT2D eigenvalue weighted by molar-refractivity contribution is 5.66. The molecule has 0 aromatic heterocycles. The number of aromatic hydroxyl groups is 2. The van der Waals surface area contributed by atoms with Gasteiger partial charge in [-0.1, -0.05) is 27.7 Å². The van der Waals surface area contributed by atoms with E-state index in [9.17, 15) is 10.2 Å². The van der Waals surface area contributed by atoms with Gasteiger partial charge >= 0.3 is 0 Å². The summed E-state index contributed by atoms with van der Waals surface area (Å²) in [5, 5.41) is 20.1. The summed E-state index contributed by atoms with van der Waals surface area (Å²) in [5.41, 5.74) is 19.7. The van der Waals surface area contributed by atoms with Gasteiger partial charge in [-0.2, -0.15) is 0 Å². The third-order valence-corrected chi connectivity index (χ3v) is 9.00. The van der Waals surface area contributed by atoms with E-state index in [2.05, 4.69) is 65.8 Å². The topological polar surface area (TPSA) is 111 Å². The fourth-order valence-electron chi connectivity index (χ4n) is 7.65. The highest BCUT2D eigenvalue weighted by atomic mass is 16.5. The number of hydrogen-bond acceptors (Lipinski definition) is 6. The first-order chi connectivity index (χ1) is 19.2. The zero-order chi connectivity index (χ0) is 29.5. The molecule has 4 aromatic rings. The average molecular weight is 551 g/mol. The molecule has 41 heavy (non-hydrogen) atoms. The second-order valence-electron chi connectivity index (χ2n) is 13.2. The molecule has 6 nitrogen and oxygen atoms in total. The second kappa shape index (κ2) is 8.84. The summed E-state index contributed by atoms with van der Waals surface area (Å²) in [6.07, 6.45) is 1.98. The zero-order valence-corrected chi connectivity index (χ0v) is 24.6. The Morgan fingerprint density at radius 2 is 0.976 bits per heavy atom. The summed E-state index contributed by atoms with van der Waals surface area (Å²) in [4.78, 5) is 0. The first-order valence-electron chi connectivity index (χ1n) is 14.0. The molecular formula is C35H38N2O4. The van der Waals surface area contributed by atoms with E-state index < -0.39 is 0 Å². The SMILES string of the molecule is Cc1cc(Oc2ccc(N)c(O)c2)cc2c1C1(CC2(C)C)CC(C)(C)c2cc(Oc3ccc(N)c(O)c3)cc(C)c21. The number of fused-ring (bicyclic) bond motifs is 4. The predicted octanol–water partition coefficient (Wildman–Crippen LogP) is 8.11. The van der Waals surface area contributed by atoms with Crippen LogP contribution in [0.5, 0.6) is 34.5 Å². The number of anilines is 2. The summed E-state index contributed by atoms with van der Waals surface area (Å²) in [5.74, 6) is 2.62. The third-order valence-electron chi connectivity index (χ3n) is 9.00. The summed E-state index contributed by atoms with van der Waals surface area (Å²) >= 11 is 0. The Labute approximate surface area is 241 Å². The largest absolute Gasteiger partial charge is 0.506 e. The fraction of sp³-hybridized carbons (Fsp3) is 0.314. The molecule has 0 saturated heterocycles. The first kappa shape index (κ1) is 26.9. The molecule has 0 amide bonds. The van der Waals surface area contributed by atoms with Gasteiger partial charge in [0.05, 0.1) is 11.4 Å². The number of nitrogen functional groups attached to an aromatic ring is 2. The maximum atomic E-state index is 10.1. The molecule has 4 aromatic carbocycles. The first-order valence-corrected chi connectivity index (χ1v) is 14.0. The van der Waals surface area contributed by atoms with Crippen LogP contribution in [0.1, 0.15) is 73.9 Å².